The van der Waals surface area contributed by atoms with Crippen LogP contribution in [0.1, 0.15) is 35.7 Å². The number of imidazole rings is 1. The third-order valence-electron chi connectivity index (χ3n) is 6.12. The smallest absolute Gasteiger partial charge is 0.251 e. The number of hydrogen-bond donors (Lipinski definition) is 4. The second kappa shape index (κ2) is 10.1. The van der Waals surface area contributed by atoms with Crippen LogP contribution in [0.25, 0.3) is 28.0 Å². The summed E-state index contributed by atoms with van der Waals surface area (Å²) in [5.41, 5.74) is 9.44. The lowest BCUT2D eigenvalue weighted by atomic mass is 10.0. The van der Waals surface area contributed by atoms with Gasteiger partial charge in [0.2, 0.25) is 0 Å². The Balaban J connectivity index is 1.63. The molecule has 35 heavy (non-hydrogen) atoms. The molecule has 1 fully saturated rings. The highest BCUT2D eigenvalue weighted by molar-refractivity contribution is 5.97. The Kier molecular flexibility index (Phi) is 6.93. The fourth-order valence-corrected chi connectivity index (χ4v) is 4.11. The lowest BCUT2D eigenvalue weighted by Gasteiger charge is -2.23. The highest BCUT2D eigenvalue weighted by Crippen LogP contribution is 2.33. The van der Waals surface area contributed by atoms with Gasteiger partial charge in [-0.15, -0.1) is 0 Å². The molecular formula is C27H30N4O4. The van der Waals surface area contributed by atoms with Crippen LogP contribution < -0.4 is 11.1 Å². The second-order valence-electron chi connectivity index (χ2n) is 8.71. The number of phenols is 1. The molecule has 1 aliphatic heterocycles. The number of ether oxygens (including phenoxy) is 2. The van der Waals surface area contributed by atoms with E-state index in [0.29, 0.717) is 34.6 Å². The van der Waals surface area contributed by atoms with Gasteiger partial charge in [0.1, 0.15) is 11.6 Å². The zero-order valence-corrected chi connectivity index (χ0v) is 19.9. The lowest BCUT2D eigenvalue weighted by Crippen LogP contribution is -2.40. The van der Waals surface area contributed by atoms with Crippen molar-refractivity contribution in [3.63, 3.8) is 0 Å². The summed E-state index contributed by atoms with van der Waals surface area (Å²) in [6, 6.07) is 10.4. The van der Waals surface area contributed by atoms with E-state index in [0.717, 1.165) is 30.5 Å². The minimum absolute atomic E-state index is 0.0543. The van der Waals surface area contributed by atoms with Gasteiger partial charge in [-0.1, -0.05) is 24.8 Å². The van der Waals surface area contributed by atoms with Crippen LogP contribution in [0.2, 0.25) is 0 Å². The largest absolute Gasteiger partial charge is 0.507 e. The number of nitrogens with zero attached hydrogens (tertiary/aromatic N) is 1. The van der Waals surface area contributed by atoms with E-state index in [4.69, 9.17) is 15.2 Å². The van der Waals surface area contributed by atoms with Crippen LogP contribution in [-0.4, -0.2) is 46.8 Å². The number of aromatic amines is 1. The zero-order chi connectivity index (χ0) is 25.0. The molecule has 8 heteroatoms. The number of nitrogens with one attached hydrogen (secondary N) is 2. The van der Waals surface area contributed by atoms with Gasteiger partial charge in [0.05, 0.1) is 29.3 Å². The van der Waals surface area contributed by atoms with Gasteiger partial charge in [-0.2, -0.15) is 0 Å². The number of phenolic OH excluding ortho intramolecular Hbond substituents is 1. The van der Waals surface area contributed by atoms with Crippen molar-refractivity contribution < 1.29 is 19.4 Å². The molecule has 1 amide bonds. The maximum Gasteiger partial charge on any atom is 0.251 e. The number of benzene rings is 2. The summed E-state index contributed by atoms with van der Waals surface area (Å²) in [5.74, 6) is 0.569. The van der Waals surface area contributed by atoms with Crippen molar-refractivity contribution in [2.45, 2.75) is 25.4 Å². The summed E-state index contributed by atoms with van der Waals surface area (Å²) >= 11 is 0. The van der Waals surface area contributed by atoms with Gasteiger partial charge in [0, 0.05) is 24.3 Å². The summed E-state index contributed by atoms with van der Waals surface area (Å²) in [6.45, 7) is 6.88. The predicted octanol–water partition coefficient (Wildman–Crippen LogP) is 4.25. The van der Waals surface area contributed by atoms with Crippen LogP contribution in [0.15, 0.2) is 67.1 Å². The fourth-order valence-electron chi connectivity index (χ4n) is 4.11. The molecule has 1 atom stereocenters. The topological polar surface area (TPSA) is 122 Å². The van der Waals surface area contributed by atoms with Crippen molar-refractivity contribution in [3.8, 4) is 17.1 Å². The molecule has 1 saturated heterocycles. The number of amides is 1. The zero-order valence-electron chi connectivity index (χ0n) is 19.9. The average Bonchev–Trinajstić information content (AvgIpc) is 3.49. The molecule has 0 radical (unpaired) electrons. The molecule has 0 saturated carbocycles. The number of aromatic hydroxyl groups is 1. The Hall–Kier alpha value is -4.04. The van der Waals surface area contributed by atoms with E-state index in [9.17, 15) is 9.90 Å². The minimum atomic E-state index is -0.317. The standard InChI is InChI=1S/C27H30N4O4/c1-4-5-7-19(24(28)34-3)17-9-11-23(32)20(14-17)25-30-21-10-8-18(15-22(21)31-25)26(33)29-16-27(2)12-6-13-35-27/h4-5,7-11,14-15,32H,1,6,12-13,16,28H2,2-3H3,(H,29,33)(H,30,31)/b7-5-,24-19-. The summed E-state index contributed by atoms with van der Waals surface area (Å²) in [6.07, 6.45) is 7.10. The molecule has 2 heterocycles. The lowest BCUT2D eigenvalue weighted by molar-refractivity contribution is 0.0206. The monoisotopic (exact) mass is 474 g/mol. The third kappa shape index (κ3) is 5.22. The van der Waals surface area contributed by atoms with E-state index < -0.39 is 0 Å². The number of carbonyl (C=O) groups excluding carboxylic acids is 1. The highest BCUT2D eigenvalue weighted by Gasteiger charge is 2.30. The van der Waals surface area contributed by atoms with E-state index >= 15 is 0 Å². The van der Waals surface area contributed by atoms with Crippen molar-refractivity contribution in [2.24, 2.45) is 5.73 Å². The first kappa shape index (κ1) is 24.1. The van der Waals surface area contributed by atoms with Gasteiger partial charge in [-0.25, -0.2) is 4.98 Å². The number of H-pyrrole nitrogens is 1. The fraction of sp³-hybridized carbons (Fsp3) is 0.259. The molecule has 0 spiro atoms. The van der Waals surface area contributed by atoms with Crippen LogP contribution >= 0.6 is 0 Å². The maximum atomic E-state index is 12.7. The van der Waals surface area contributed by atoms with Crippen LogP contribution in [0, 0.1) is 0 Å². The first-order valence-electron chi connectivity index (χ1n) is 11.4. The van der Waals surface area contributed by atoms with Crippen LogP contribution in [0.4, 0.5) is 0 Å². The predicted molar refractivity (Wildman–Crippen MR) is 137 cm³/mol. The van der Waals surface area contributed by atoms with Crippen molar-refractivity contribution in [1.82, 2.24) is 15.3 Å². The Morgan fingerprint density at radius 1 is 1.34 bits per heavy atom. The van der Waals surface area contributed by atoms with E-state index in [-0.39, 0.29) is 23.1 Å². The van der Waals surface area contributed by atoms with Crippen LogP contribution in [0.5, 0.6) is 5.75 Å². The van der Waals surface area contributed by atoms with Gasteiger partial charge < -0.3 is 30.6 Å². The number of fused-ring (bicyclic) bond motifs is 1. The Morgan fingerprint density at radius 3 is 2.86 bits per heavy atom. The Bertz CT molecular complexity index is 1320. The minimum Gasteiger partial charge on any atom is -0.507 e. The number of allylic oxidation sites excluding steroid dienone is 4. The van der Waals surface area contributed by atoms with Crippen molar-refractivity contribution in [1.29, 1.82) is 0 Å². The molecule has 1 unspecified atom stereocenters. The number of aromatic nitrogens is 2. The van der Waals surface area contributed by atoms with Gasteiger partial charge >= 0.3 is 0 Å². The third-order valence-corrected chi connectivity index (χ3v) is 6.12. The first-order valence-corrected chi connectivity index (χ1v) is 11.4. The molecule has 1 aromatic heterocycles. The number of hydrogen-bond acceptors (Lipinski definition) is 6. The van der Waals surface area contributed by atoms with E-state index in [1.807, 2.05) is 6.92 Å². The summed E-state index contributed by atoms with van der Waals surface area (Å²) in [5, 5.41) is 13.5. The highest BCUT2D eigenvalue weighted by atomic mass is 16.5. The molecule has 182 valence electrons. The molecule has 0 bridgehead atoms. The van der Waals surface area contributed by atoms with Crippen molar-refractivity contribution >= 4 is 22.5 Å². The molecular weight excluding hydrogens is 444 g/mol. The van der Waals surface area contributed by atoms with Crippen molar-refractivity contribution in [3.05, 3.63) is 78.2 Å². The maximum absolute atomic E-state index is 12.7. The van der Waals surface area contributed by atoms with Gasteiger partial charge in [-0.3, -0.25) is 4.79 Å². The molecule has 4 rings (SSSR count). The summed E-state index contributed by atoms with van der Waals surface area (Å²) in [4.78, 5) is 20.6. The first-order chi connectivity index (χ1) is 16.8. The molecule has 8 nitrogen and oxygen atoms in total. The Morgan fingerprint density at radius 2 is 2.14 bits per heavy atom. The number of nitrogens with two attached hydrogens (primary N) is 1. The molecule has 5 N–H and O–H groups in total. The Labute approximate surface area is 204 Å². The summed E-state index contributed by atoms with van der Waals surface area (Å²) < 4.78 is 11.0. The number of rotatable bonds is 8. The SMILES string of the molecule is C=C/C=C\C(=C(/N)OC)c1ccc(O)c(-c2nc3cc(C(=O)NCC4(C)CCCO4)ccc3[nH]2)c1. The second-order valence-corrected chi connectivity index (χ2v) is 8.71. The van der Waals surface area contributed by atoms with Crippen LogP contribution in [0.3, 0.4) is 0 Å². The van der Waals surface area contributed by atoms with Gasteiger partial charge in [-0.05, 0) is 61.7 Å². The quantitative estimate of drug-likeness (QED) is 0.286. The van der Waals surface area contributed by atoms with E-state index in [1.165, 1.54) is 7.11 Å². The molecule has 1 aliphatic rings. The molecule has 0 aliphatic carbocycles. The molecule has 3 aromatic rings. The van der Waals surface area contributed by atoms with Gasteiger partial charge in [0.15, 0.2) is 5.88 Å². The number of methoxy groups -OCH3 is 1. The average molecular weight is 475 g/mol. The number of carbonyl (C=O) groups is 1. The molecule has 2 aromatic carbocycles. The van der Waals surface area contributed by atoms with E-state index in [1.54, 1.807) is 54.6 Å². The van der Waals surface area contributed by atoms with Crippen LogP contribution in [-0.2, 0) is 9.47 Å². The normalized spacial score (nSPS) is 18.6. The van der Waals surface area contributed by atoms with Gasteiger partial charge in [0.25, 0.3) is 5.91 Å². The summed E-state index contributed by atoms with van der Waals surface area (Å²) in [7, 11) is 1.49. The van der Waals surface area contributed by atoms with Crippen molar-refractivity contribution in [2.75, 3.05) is 20.3 Å². The van der Waals surface area contributed by atoms with E-state index in [2.05, 4.69) is 21.9 Å².